The summed E-state index contributed by atoms with van der Waals surface area (Å²) >= 11 is 0. The molecule has 0 saturated carbocycles. The molecule has 0 N–H and O–H groups in total. The smallest absolute Gasteiger partial charge is 0.364 e. The van der Waals surface area contributed by atoms with Crippen LogP contribution in [0.2, 0.25) is 0 Å². The SMILES string of the molecule is CCCOc1ccc(OC(=O)c2ccc(=O)n(C)n2)cc1. The molecular weight excluding hydrogens is 272 g/mol. The zero-order valence-electron chi connectivity index (χ0n) is 11.9. The number of rotatable bonds is 5. The molecular formula is C15H16N2O4. The van der Waals surface area contributed by atoms with Crippen LogP contribution in [-0.4, -0.2) is 22.4 Å². The fourth-order valence-electron chi connectivity index (χ4n) is 1.59. The van der Waals surface area contributed by atoms with E-state index in [2.05, 4.69) is 5.10 Å². The lowest BCUT2D eigenvalue weighted by Gasteiger charge is -2.07. The van der Waals surface area contributed by atoms with Crippen LogP contribution in [0.5, 0.6) is 11.5 Å². The number of esters is 1. The molecule has 6 heteroatoms. The van der Waals surface area contributed by atoms with Crippen molar-refractivity contribution in [3.63, 3.8) is 0 Å². The second-order valence-corrected chi connectivity index (χ2v) is 4.39. The monoisotopic (exact) mass is 288 g/mol. The first-order valence-electron chi connectivity index (χ1n) is 6.59. The van der Waals surface area contributed by atoms with Gasteiger partial charge in [-0.15, -0.1) is 0 Å². The largest absolute Gasteiger partial charge is 0.494 e. The molecule has 1 aromatic carbocycles. The quantitative estimate of drug-likeness (QED) is 0.619. The van der Waals surface area contributed by atoms with E-state index in [1.807, 2.05) is 6.92 Å². The minimum Gasteiger partial charge on any atom is -0.494 e. The lowest BCUT2D eigenvalue weighted by molar-refractivity contribution is 0.0725. The highest BCUT2D eigenvalue weighted by Crippen LogP contribution is 2.18. The van der Waals surface area contributed by atoms with Gasteiger partial charge in [-0.05, 0) is 36.8 Å². The zero-order valence-corrected chi connectivity index (χ0v) is 11.9. The van der Waals surface area contributed by atoms with Crippen LogP contribution in [0.25, 0.3) is 0 Å². The molecule has 2 aromatic rings. The fraction of sp³-hybridized carbons (Fsp3) is 0.267. The average Bonchev–Trinajstić information content (AvgIpc) is 2.49. The summed E-state index contributed by atoms with van der Waals surface area (Å²) < 4.78 is 11.7. The van der Waals surface area contributed by atoms with Gasteiger partial charge in [0.25, 0.3) is 5.56 Å². The highest BCUT2D eigenvalue weighted by atomic mass is 16.5. The predicted octanol–water partition coefficient (Wildman–Crippen LogP) is 1.79. The maximum atomic E-state index is 11.9. The highest BCUT2D eigenvalue weighted by molar-refractivity contribution is 5.88. The number of aromatic nitrogens is 2. The Bertz CT molecular complexity index is 677. The molecule has 0 aliphatic carbocycles. The number of hydrogen-bond donors (Lipinski definition) is 0. The van der Waals surface area contributed by atoms with Gasteiger partial charge < -0.3 is 9.47 Å². The van der Waals surface area contributed by atoms with Crippen molar-refractivity contribution in [3.8, 4) is 11.5 Å². The molecule has 0 radical (unpaired) electrons. The van der Waals surface area contributed by atoms with Crippen molar-refractivity contribution in [2.75, 3.05) is 6.61 Å². The van der Waals surface area contributed by atoms with Gasteiger partial charge in [0.1, 0.15) is 11.5 Å². The number of benzene rings is 1. The van der Waals surface area contributed by atoms with Gasteiger partial charge in [0, 0.05) is 13.1 Å². The van der Waals surface area contributed by atoms with E-state index >= 15 is 0 Å². The summed E-state index contributed by atoms with van der Waals surface area (Å²) in [7, 11) is 1.47. The van der Waals surface area contributed by atoms with Gasteiger partial charge in [-0.25, -0.2) is 9.48 Å². The Balaban J connectivity index is 2.05. The Kier molecular flexibility index (Phi) is 4.71. The molecule has 0 bridgehead atoms. The zero-order chi connectivity index (χ0) is 15.2. The highest BCUT2D eigenvalue weighted by Gasteiger charge is 2.11. The molecule has 0 amide bonds. The van der Waals surface area contributed by atoms with Crippen LogP contribution in [-0.2, 0) is 7.05 Å². The van der Waals surface area contributed by atoms with Gasteiger partial charge in [0.2, 0.25) is 0 Å². The third-order valence-corrected chi connectivity index (χ3v) is 2.68. The Morgan fingerprint density at radius 3 is 2.43 bits per heavy atom. The van der Waals surface area contributed by atoms with Gasteiger partial charge in [0.15, 0.2) is 5.69 Å². The van der Waals surface area contributed by atoms with E-state index in [1.54, 1.807) is 24.3 Å². The van der Waals surface area contributed by atoms with Gasteiger partial charge >= 0.3 is 5.97 Å². The van der Waals surface area contributed by atoms with Crippen molar-refractivity contribution in [2.45, 2.75) is 13.3 Å². The summed E-state index contributed by atoms with van der Waals surface area (Å²) in [6.45, 7) is 2.66. The van der Waals surface area contributed by atoms with Crippen molar-refractivity contribution >= 4 is 5.97 Å². The third-order valence-electron chi connectivity index (χ3n) is 2.68. The molecule has 0 spiro atoms. The second kappa shape index (κ2) is 6.69. The maximum Gasteiger partial charge on any atom is 0.364 e. The van der Waals surface area contributed by atoms with Crippen LogP contribution in [0, 0.1) is 0 Å². The van der Waals surface area contributed by atoms with Gasteiger partial charge in [-0.1, -0.05) is 6.92 Å². The summed E-state index contributed by atoms with van der Waals surface area (Å²) in [6, 6.07) is 9.35. The number of carbonyl (C=O) groups is 1. The van der Waals surface area contributed by atoms with E-state index in [0.29, 0.717) is 12.4 Å². The van der Waals surface area contributed by atoms with Crippen LogP contribution in [0.4, 0.5) is 0 Å². The molecule has 1 heterocycles. The van der Waals surface area contributed by atoms with E-state index in [-0.39, 0.29) is 11.3 Å². The van der Waals surface area contributed by atoms with Crippen molar-refractivity contribution in [1.29, 1.82) is 0 Å². The van der Waals surface area contributed by atoms with Crippen molar-refractivity contribution in [3.05, 3.63) is 52.4 Å². The molecule has 1 aromatic heterocycles. The Morgan fingerprint density at radius 1 is 1.14 bits per heavy atom. The summed E-state index contributed by atoms with van der Waals surface area (Å²) in [5, 5.41) is 3.83. The molecule has 0 unspecified atom stereocenters. The molecule has 110 valence electrons. The van der Waals surface area contributed by atoms with Gasteiger partial charge in [-0.2, -0.15) is 5.10 Å². The number of ether oxygens (including phenoxy) is 2. The summed E-state index contributed by atoms with van der Waals surface area (Å²) in [5.41, 5.74) is -0.215. The van der Waals surface area contributed by atoms with Crippen molar-refractivity contribution < 1.29 is 14.3 Å². The van der Waals surface area contributed by atoms with Crippen molar-refractivity contribution in [1.82, 2.24) is 9.78 Å². The molecule has 0 atom stereocenters. The van der Waals surface area contributed by atoms with Crippen molar-refractivity contribution in [2.24, 2.45) is 7.05 Å². The van der Waals surface area contributed by atoms with Gasteiger partial charge in [0.05, 0.1) is 6.61 Å². The van der Waals surface area contributed by atoms with E-state index in [4.69, 9.17) is 9.47 Å². The first-order chi connectivity index (χ1) is 10.1. The number of aryl methyl sites for hydroxylation is 1. The Labute approximate surface area is 121 Å². The molecule has 0 saturated heterocycles. The molecule has 21 heavy (non-hydrogen) atoms. The van der Waals surface area contributed by atoms with E-state index in [0.717, 1.165) is 16.9 Å². The van der Waals surface area contributed by atoms with E-state index < -0.39 is 5.97 Å². The average molecular weight is 288 g/mol. The first-order valence-corrected chi connectivity index (χ1v) is 6.59. The summed E-state index contributed by atoms with van der Waals surface area (Å²) in [4.78, 5) is 23.1. The molecule has 0 aliphatic rings. The Hall–Kier alpha value is -2.63. The van der Waals surface area contributed by atoms with E-state index in [9.17, 15) is 9.59 Å². The fourth-order valence-corrected chi connectivity index (χ4v) is 1.59. The van der Waals surface area contributed by atoms with Crippen LogP contribution in [0.15, 0.2) is 41.2 Å². The summed E-state index contributed by atoms with van der Waals surface area (Å²) in [5.74, 6) is 0.490. The molecule has 0 aliphatic heterocycles. The predicted molar refractivity (Wildman–Crippen MR) is 76.7 cm³/mol. The molecule has 6 nitrogen and oxygen atoms in total. The normalized spacial score (nSPS) is 10.2. The summed E-state index contributed by atoms with van der Waals surface area (Å²) in [6.07, 6.45) is 0.926. The van der Waals surface area contributed by atoms with Crippen LogP contribution in [0.3, 0.4) is 0 Å². The van der Waals surface area contributed by atoms with Gasteiger partial charge in [-0.3, -0.25) is 4.79 Å². The standard InChI is InChI=1S/C15H16N2O4/c1-3-10-20-11-4-6-12(7-5-11)21-15(19)13-8-9-14(18)17(2)16-13/h4-9H,3,10H2,1-2H3. The minimum absolute atomic E-state index is 0.0726. The van der Waals surface area contributed by atoms with Crippen LogP contribution < -0.4 is 15.0 Å². The van der Waals surface area contributed by atoms with E-state index in [1.165, 1.54) is 19.2 Å². The lowest BCUT2D eigenvalue weighted by Crippen LogP contribution is -2.22. The second-order valence-electron chi connectivity index (χ2n) is 4.39. The molecule has 2 rings (SSSR count). The number of carbonyl (C=O) groups excluding carboxylic acids is 1. The first kappa shape index (κ1) is 14.8. The number of hydrogen-bond acceptors (Lipinski definition) is 5. The van der Waals surface area contributed by atoms with Crippen LogP contribution in [0.1, 0.15) is 23.8 Å². The lowest BCUT2D eigenvalue weighted by atomic mass is 10.3. The van der Waals surface area contributed by atoms with Crippen LogP contribution >= 0.6 is 0 Å². The number of nitrogens with zero attached hydrogens (tertiary/aromatic N) is 2. The minimum atomic E-state index is -0.618. The topological polar surface area (TPSA) is 70.4 Å². The third kappa shape index (κ3) is 3.92. The Morgan fingerprint density at radius 2 is 1.81 bits per heavy atom. The maximum absolute atomic E-state index is 11.9. The molecule has 0 fully saturated rings.